The van der Waals surface area contributed by atoms with Crippen LogP contribution in [0.4, 0.5) is 5.69 Å². The third-order valence-corrected chi connectivity index (χ3v) is 4.15. The van der Waals surface area contributed by atoms with E-state index in [-0.39, 0.29) is 6.42 Å². The van der Waals surface area contributed by atoms with Gasteiger partial charge in [0.25, 0.3) is 5.91 Å². The van der Waals surface area contributed by atoms with Crippen LogP contribution < -0.4 is 10.1 Å². The van der Waals surface area contributed by atoms with Gasteiger partial charge in [-0.3, -0.25) is 9.59 Å². The molecule has 1 aromatic heterocycles. The standard InChI is InChI=1S/C16H17ClN2O4S/c1-9(23-15(20)7-12-8-24-10(2)18-12)16(21)19-13-6-11(17)4-5-14(13)22-3/h4-6,8-9H,7H2,1-3H3,(H,19,21). The SMILES string of the molecule is COc1ccc(Cl)cc1NC(=O)C(C)OC(=O)Cc1csc(C)n1. The van der Waals surface area contributed by atoms with Crippen LogP contribution in [0.3, 0.4) is 0 Å². The third-order valence-electron chi connectivity index (χ3n) is 3.09. The number of hydrogen-bond donors (Lipinski definition) is 1. The number of esters is 1. The fourth-order valence-corrected chi connectivity index (χ4v) is 2.73. The minimum atomic E-state index is -0.957. The maximum atomic E-state index is 12.2. The van der Waals surface area contributed by atoms with E-state index >= 15 is 0 Å². The summed E-state index contributed by atoms with van der Waals surface area (Å²) >= 11 is 7.37. The Kier molecular flexibility index (Phi) is 6.16. The zero-order valence-corrected chi connectivity index (χ0v) is 15.0. The Labute approximate surface area is 148 Å². The number of aromatic nitrogens is 1. The van der Waals surface area contributed by atoms with Gasteiger partial charge in [-0.15, -0.1) is 11.3 Å². The number of methoxy groups -OCH3 is 1. The van der Waals surface area contributed by atoms with Crippen molar-refractivity contribution < 1.29 is 19.1 Å². The smallest absolute Gasteiger partial charge is 0.312 e. The molecular formula is C16H17ClN2O4S. The van der Waals surface area contributed by atoms with E-state index in [9.17, 15) is 9.59 Å². The molecule has 0 saturated heterocycles. The summed E-state index contributed by atoms with van der Waals surface area (Å²) in [5.41, 5.74) is 1.04. The van der Waals surface area contributed by atoms with Crippen LogP contribution >= 0.6 is 22.9 Å². The average Bonchev–Trinajstić information content (AvgIpc) is 2.92. The van der Waals surface area contributed by atoms with Crippen molar-refractivity contribution in [3.05, 3.63) is 39.3 Å². The summed E-state index contributed by atoms with van der Waals surface area (Å²) in [4.78, 5) is 28.3. The van der Waals surface area contributed by atoms with Gasteiger partial charge in [-0.05, 0) is 32.0 Å². The normalized spacial score (nSPS) is 11.7. The van der Waals surface area contributed by atoms with Crippen LogP contribution in [0.1, 0.15) is 17.6 Å². The lowest BCUT2D eigenvalue weighted by molar-refractivity contribution is -0.152. The number of nitrogens with zero attached hydrogens (tertiary/aromatic N) is 1. The van der Waals surface area contributed by atoms with E-state index in [1.54, 1.807) is 23.6 Å². The molecule has 0 spiro atoms. The Morgan fingerprint density at radius 1 is 1.42 bits per heavy atom. The summed E-state index contributed by atoms with van der Waals surface area (Å²) in [6, 6.07) is 4.85. The van der Waals surface area contributed by atoms with Gasteiger partial charge in [-0.25, -0.2) is 4.98 Å². The number of aryl methyl sites for hydroxylation is 1. The lowest BCUT2D eigenvalue weighted by Crippen LogP contribution is -2.30. The molecule has 0 aliphatic carbocycles. The van der Waals surface area contributed by atoms with Crippen LogP contribution in [0.25, 0.3) is 0 Å². The lowest BCUT2D eigenvalue weighted by atomic mass is 10.2. The number of carbonyl (C=O) groups excluding carboxylic acids is 2. The van der Waals surface area contributed by atoms with Crippen LogP contribution in [0.5, 0.6) is 5.75 Å². The van der Waals surface area contributed by atoms with E-state index in [0.717, 1.165) is 5.01 Å². The molecular weight excluding hydrogens is 352 g/mol. The number of benzene rings is 1. The lowest BCUT2D eigenvalue weighted by Gasteiger charge is -2.15. The summed E-state index contributed by atoms with van der Waals surface area (Å²) in [6.45, 7) is 3.35. The number of anilines is 1. The highest BCUT2D eigenvalue weighted by molar-refractivity contribution is 7.09. The molecule has 128 valence electrons. The molecule has 0 radical (unpaired) electrons. The first-order valence-electron chi connectivity index (χ1n) is 7.14. The number of carbonyl (C=O) groups is 2. The van der Waals surface area contributed by atoms with Gasteiger partial charge in [-0.2, -0.15) is 0 Å². The molecule has 0 fully saturated rings. The van der Waals surface area contributed by atoms with Gasteiger partial charge in [-0.1, -0.05) is 11.6 Å². The van der Waals surface area contributed by atoms with Crippen molar-refractivity contribution >= 4 is 40.5 Å². The molecule has 24 heavy (non-hydrogen) atoms. The van der Waals surface area contributed by atoms with E-state index in [1.165, 1.54) is 25.4 Å². The summed E-state index contributed by atoms with van der Waals surface area (Å²) in [7, 11) is 1.48. The maximum absolute atomic E-state index is 12.2. The first kappa shape index (κ1) is 18.2. The molecule has 1 amide bonds. The zero-order chi connectivity index (χ0) is 17.7. The highest BCUT2D eigenvalue weighted by Crippen LogP contribution is 2.27. The van der Waals surface area contributed by atoms with Crippen LogP contribution in [0, 0.1) is 6.92 Å². The van der Waals surface area contributed by atoms with Crippen LogP contribution in [0.15, 0.2) is 23.6 Å². The second-order valence-corrected chi connectivity index (χ2v) is 6.50. The Bertz CT molecular complexity index is 747. The molecule has 6 nitrogen and oxygen atoms in total. The Hall–Kier alpha value is -2.12. The van der Waals surface area contributed by atoms with E-state index in [2.05, 4.69) is 10.3 Å². The Morgan fingerprint density at radius 3 is 2.79 bits per heavy atom. The molecule has 0 bridgehead atoms. The van der Waals surface area contributed by atoms with E-state index in [0.29, 0.717) is 22.2 Å². The summed E-state index contributed by atoms with van der Waals surface area (Å²) in [5.74, 6) is -0.524. The number of halogens is 1. The van der Waals surface area contributed by atoms with Gasteiger partial charge in [0.2, 0.25) is 0 Å². The van der Waals surface area contributed by atoms with Gasteiger partial charge >= 0.3 is 5.97 Å². The van der Waals surface area contributed by atoms with Crippen molar-refractivity contribution in [1.29, 1.82) is 0 Å². The van der Waals surface area contributed by atoms with Gasteiger partial charge in [0.15, 0.2) is 6.10 Å². The van der Waals surface area contributed by atoms with Gasteiger partial charge in [0.1, 0.15) is 5.75 Å². The van der Waals surface area contributed by atoms with Crippen LogP contribution in [0.2, 0.25) is 5.02 Å². The molecule has 1 N–H and O–H groups in total. The predicted octanol–water partition coefficient (Wildman–Crippen LogP) is 3.23. The fraction of sp³-hybridized carbons (Fsp3) is 0.312. The zero-order valence-electron chi connectivity index (χ0n) is 13.5. The van der Waals surface area contributed by atoms with E-state index in [4.69, 9.17) is 21.1 Å². The minimum Gasteiger partial charge on any atom is -0.495 e. The highest BCUT2D eigenvalue weighted by atomic mass is 35.5. The van der Waals surface area contributed by atoms with Crippen molar-refractivity contribution in [2.45, 2.75) is 26.4 Å². The summed E-state index contributed by atoms with van der Waals surface area (Å²) in [5, 5.41) is 5.75. The number of thiazole rings is 1. The molecule has 1 heterocycles. The van der Waals surface area contributed by atoms with Gasteiger partial charge < -0.3 is 14.8 Å². The monoisotopic (exact) mass is 368 g/mol. The van der Waals surface area contributed by atoms with E-state index in [1.807, 2.05) is 6.92 Å². The number of nitrogens with one attached hydrogen (secondary N) is 1. The predicted molar refractivity (Wildman–Crippen MR) is 92.7 cm³/mol. The van der Waals surface area contributed by atoms with Crippen LogP contribution in [-0.2, 0) is 20.7 Å². The van der Waals surface area contributed by atoms with Gasteiger partial charge in [0, 0.05) is 10.4 Å². The first-order chi connectivity index (χ1) is 11.4. The Balaban J connectivity index is 1.94. The topological polar surface area (TPSA) is 77.5 Å². The van der Waals surface area contributed by atoms with E-state index < -0.39 is 18.0 Å². The molecule has 2 aromatic rings. The minimum absolute atomic E-state index is 0.0302. The maximum Gasteiger partial charge on any atom is 0.312 e. The molecule has 0 aliphatic rings. The molecule has 8 heteroatoms. The number of amides is 1. The third kappa shape index (κ3) is 4.94. The average molecular weight is 369 g/mol. The molecule has 1 aromatic carbocycles. The summed E-state index contributed by atoms with van der Waals surface area (Å²) < 4.78 is 10.3. The summed E-state index contributed by atoms with van der Waals surface area (Å²) in [6.07, 6.45) is -0.927. The van der Waals surface area contributed by atoms with Crippen molar-refractivity contribution in [3.63, 3.8) is 0 Å². The number of ether oxygens (including phenoxy) is 2. The number of hydrogen-bond acceptors (Lipinski definition) is 6. The second kappa shape index (κ2) is 8.12. The van der Waals surface area contributed by atoms with Crippen molar-refractivity contribution in [3.8, 4) is 5.75 Å². The highest BCUT2D eigenvalue weighted by Gasteiger charge is 2.20. The molecule has 0 aliphatic heterocycles. The molecule has 0 saturated carbocycles. The molecule has 1 unspecified atom stereocenters. The fourth-order valence-electron chi connectivity index (χ4n) is 1.94. The largest absolute Gasteiger partial charge is 0.495 e. The van der Waals surface area contributed by atoms with Crippen molar-refractivity contribution in [1.82, 2.24) is 4.98 Å². The van der Waals surface area contributed by atoms with Gasteiger partial charge in [0.05, 0.1) is 29.9 Å². The van der Waals surface area contributed by atoms with Crippen molar-refractivity contribution in [2.75, 3.05) is 12.4 Å². The molecule has 2 rings (SSSR count). The molecule has 1 atom stereocenters. The van der Waals surface area contributed by atoms with Crippen molar-refractivity contribution in [2.24, 2.45) is 0 Å². The number of rotatable bonds is 6. The quantitative estimate of drug-likeness (QED) is 0.792. The first-order valence-corrected chi connectivity index (χ1v) is 8.39. The Morgan fingerprint density at radius 2 is 2.17 bits per heavy atom. The second-order valence-electron chi connectivity index (χ2n) is 5.00. The van der Waals surface area contributed by atoms with Crippen LogP contribution in [-0.4, -0.2) is 30.1 Å².